The fourth-order valence-corrected chi connectivity index (χ4v) is 3.67. The monoisotopic (exact) mass is 262 g/mol. The maximum Gasteiger partial charge on any atom is 0.0351 e. The lowest BCUT2D eigenvalue weighted by Crippen LogP contribution is -2.33. The zero-order valence-corrected chi connectivity index (χ0v) is 12.2. The minimum absolute atomic E-state index is 0.673. The van der Waals surface area contributed by atoms with Crippen LogP contribution in [-0.4, -0.2) is 35.7 Å². The second-order valence-corrected chi connectivity index (χ2v) is 6.26. The average Bonchev–Trinajstić information content (AvgIpc) is 2.63. The van der Waals surface area contributed by atoms with Gasteiger partial charge in [-0.3, -0.25) is 9.57 Å². The molecule has 2 nitrogen and oxygen atoms in total. The fourth-order valence-electron chi connectivity index (χ4n) is 3.38. The lowest BCUT2D eigenvalue weighted by Gasteiger charge is -2.35. The van der Waals surface area contributed by atoms with Gasteiger partial charge in [0.1, 0.15) is 0 Å². The summed E-state index contributed by atoms with van der Waals surface area (Å²) in [6.07, 6.45) is 5.26. The van der Waals surface area contributed by atoms with Gasteiger partial charge in [0.15, 0.2) is 0 Å². The van der Waals surface area contributed by atoms with Crippen LogP contribution in [-0.2, 0) is 6.42 Å². The molecule has 2 aliphatic rings. The molecule has 0 amide bonds. The molecule has 1 fully saturated rings. The van der Waals surface area contributed by atoms with Crippen molar-refractivity contribution >= 4 is 9.39 Å². The highest BCUT2D eigenvalue weighted by atomic mass is 31.0. The number of fused-ring (bicyclic) bond motifs is 1. The van der Waals surface area contributed by atoms with E-state index in [4.69, 9.17) is 0 Å². The molecule has 3 rings (SSSR count). The molecule has 1 saturated heterocycles. The Morgan fingerprint density at radius 2 is 1.89 bits per heavy atom. The lowest BCUT2D eigenvalue weighted by molar-refractivity contribution is 0.188. The van der Waals surface area contributed by atoms with Crippen molar-refractivity contribution in [2.75, 3.05) is 26.2 Å². The van der Waals surface area contributed by atoms with Crippen LogP contribution in [0.1, 0.15) is 36.4 Å². The van der Waals surface area contributed by atoms with Gasteiger partial charge >= 0.3 is 0 Å². The van der Waals surface area contributed by atoms with Gasteiger partial charge in [0.2, 0.25) is 0 Å². The SMILES string of the molecule is PN1CCCN(C2CCCc3ccccc32)CC1. The second kappa shape index (κ2) is 5.69. The van der Waals surface area contributed by atoms with Gasteiger partial charge in [-0.05, 0) is 36.8 Å². The lowest BCUT2D eigenvalue weighted by atomic mass is 9.87. The Bertz CT molecular complexity index is 407. The highest BCUT2D eigenvalue weighted by Crippen LogP contribution is 2.34. The summed E-state index contributed by atoms with van der Waals surface area (Å²) in [5, 5.41) is 0. The number of benzene rings is 1. The van der Waals surface area contributed by atoms with Crippen LogP contribution in [0.5, 0.6) is 0 Å². The maximum atomic E-state index is 2.86. The highest BCUT2D eigenvalue weighted by Gasteiger charge is 2.26. The molecule has 98 valence electrons. The van der Waals surface area contributed by atoms with Gasteiger partial charge in [-0.1, -0.05) is 33.7 Å². The summed E-state index contributed by atoms with van der Waals surface area (Å²) in [4.78, 5) is 2.71. The predicted octanol–water partition coefficient (Wildman–Crippen LogP) is 2.86. The Morgan fingerprint density at radius 3 is 2.83 bits per heavy atom. The van der Waals surface area contributed by atoms with Crippen LogP contribution >= 0.6 is 9.39 Å². The van der Waals surface area contributed by atoms with Crippen LogP contribution in [0.15, 0.2) is 24.3 Å². The van der Waals surface area contributed by atoms with E-state index in [0.717, 1.165) is 0 Å². The van der Waals surface area contributed by atoms with Crippen LogP contribution in [0.4, 0.5) is 0 Å². The Morgan fingerprint density at radius 1 is 1.00 bits per heavy atom. The van der Waals surface area contributed by atoms with Crippen LogP contribution in [0.25, 0.3) is 0 Å². The first-order chi connectivity index (χ1) is 8.84. The van der Waals surface area contributed by atoms with E-state index < -0.39 is 0 Å². The average molecular weight is 262 g/mol. The zero-order valence-electron chi connectivity index (χ0n) is 11.0. The Labute approximate surface area is 113 Å². The van der Waals surface area contributed by atoms with Gasteiger partial charge in [-0.15, -0.1) is 0 Å². The van der Waals surface area contributed by atoms with Crippen molar-refractivity contribution in [3.8, 4) is 0 Å². The molecule has 1 aromatic carbocycles. The number of aryl methyl sites for hydroxylation is 1. The molecule has 1 heterocycles. The van der Waals surface area contributed by atoms with Gasteiger partial charge in [0.25, 0.3) is 0 Å². The molecule has 1 aliphatic heterocycles. The number of nitrogens with zero attached hydrogens (tertiary/aromatic N) is 2. The molecule has 1 aromatic rings. The fraction of sp³-hybridized carbons (Fsp3) is 0.600. The minimum Gasteiger partial charge on any atom is -0.295 e. The van der Waals surface area contributed by atoms with Crippen molar-refractivity contribution in [1.29, 1.82) is 0 Å². The molecule has 0 N–H and O–H groups in total. The number of rotatable bonds is 1. The quantitative estimate of drug-likeness (QED) is 0.718. The van der Waals surface area contributed by atoms with Crippen LogP contribution in [0.3, 0.4) is 0 Å². The molecule has 2 atom stereocenters. The second-order valence-electron chi connectivity index (χ2n) is 5.53. The van der Waals surface area contributed by atoms with Crippen LogP contribution in [0.2, 0.25) is 0 Å². The molecule has 0 radical (unpaired) electrons. The van der Waals surface area contributed by atoms with E-state index in [9.17, 15) is 0 Å². The predicted molar refractivity (Wildman–Crippen MR) is 79.6 cm³/mol. The summed E-state index contributed by atoms with van der Waals surface area (Å²) in [6, 6.07) is 9.74. The Kier molecular flexibility index (Phi) is 3.98. The van der Waals surface area contributed by atoms with Crippen LogP contribution in [0, 0.1) is 0 Å². The van der Waals surface area contributed by atoms with Gasteiger partial charge in [0, 0.05) is 32.2 Å². The molecular formula is C15H23N2P. The first kappa shape index (κ1) is 12.6. The van der Waals surface area contributed by atoms with E-state index in [1.807, 2.05) is 0 Å². The van der Waals surface area contributed by atoms with Gasteiger partial charge in [0.05, 0.1) is 0 Å². The summed E-state index contributed by atoms with van der Waals surface area (Å²) in [5.74, 6) is 0. The van der Waals surface area contributed by atoms with Crippen molar-refractivity contribution in [1.82, 2.24) is 9.57 Å². The van der Waals surface area contributed by atoms with E-state index in [-0.39, 0.29) is 0 Å². The van der Waals surface area contributed by atoms with Crippen molar-refractivity contribution in [3.63, 3.8) is 0 Å². The van der Waals surface area contributed by atoms with Crippen molar-refractivity contribution < 1.29 is 0 Å². The standard InChI is InChI=1S/C15H23N2P/c18-17-10-4-9-16(11-12-17)15-8-3-6-13-5-1-2-7-14(13)15/h1-2,5,7,15H,3-4,6,8-12,18H2. The Balaban J connectivity index is 1.80. The summed E-state index contributed by atoms with van der Waals surface area (Å²) < 4.78 is 2.38. The van der Waals surface area contributed by atoms with Crippen molar-refractivity contribution in [2.24, 2.45) is 0 Å². The van der Waals surface area contributed by atoms with E-state index >= 15 is 0 Å². The summed E-state index contributed by atoms with van der Waals surface area (Å²) in [5.41, 5.74) is 3.18. The normalized spacial score (nSPS) is 26.6. The molecule has 2 unspecified atom stereocenters. The molecule has 1 aliphatic carbocycles. The third-order valence-corrected chi connectivity index (χ3v) is 4.86. The number of hydrogen-bond acceptors (Lipinski definition) is 2. The van der Waals surface area contributed by atoms with E-state index in [2.05, 4.69) is 43.2 Å². The van der Waals surface area contributed by atoms with E-state index in [1.165, 1.54) is 51.9 Å². The Hall–Kier alpha value is -0.430. The molecular weight excluding hydrogens is 239 g/mol. The third kappa shape index (κ3) is 2.61. The summed E-state index contributed by atoms with van der Waals surface area (Å²) in [6.45, 7) is 4.87. The molecule has 0 spiro atoms. The van der Waals surface area contributed by atoms with Crippen molar-refractivity contribution in [2.45, 2.75) is 31.7 Å². The van der Waals surface area contributed by atoms with Gasteiger partial charge < -0.3 is 0 Å². The first-order valence-electron chi connectivity index (χ1n) is 7.16. The van der Waals surface area contributed by atoms with Gasteiger partial charge in [-0.25, -0.2) is 0 Å². The highest BCUT2D eigenvalue weighted by molar-refractivity contribution is 7.13. The third-order valence-electron chi connectivity index (χ3n) is 4.34. The zero-order chi connectivity index (χ0) is 12.4. The summed E-state index contributed by atoms with van der Waals surface area (Å²) in [7, 11) is 2.86. The minimum atomic E-state index is 0.673. The van der Waals surface area contributed by atoms with Gasteiger partial charge in [-0.2, -0.15) is 0 Å². The van der Waals surface area contributed by atoms with Crippen molar-refractivity contribution in [3.05, 3.63) is 35.4 Å². The van der Waals surface area contributed by atoms with E-state index in [0.29, 0.717) is 6.04 Å². The molecule has 0 saturated carbocycles. The topological polar surface area (TPSA) is 6.48 Å². The molecule has 18 heavy (non-hydrogen) atoms. The summed E-state index contributed by atoms with van der Waals surface area (Å²) >= 11 is 0. The maximum absolute atomic E-state index is 2.86. The number of hydrogen-bond donors (Lipinski definition) is 0. The molecule has 0 aromatic heterocycles. The smallest absolute Gasteiger partial charge is 0.0351 e. The molecule has 3 heteroatoms. The molecule has 0 bridgehead atoms. The van der Waals surface area contributed by atoms with E-state index in [1.54, 1.807) is 11.1 Å². The van der Waals surface area contributed by atoms with Crippen LogP contribution < -0.4 is 0 Å². The largest absolute Gasteiger partial charge is 0.295 e. The first-order valence-corrected chi connectivity index (χ1v) is 7.68.